The molecular weight excluding hydrogens is 312 g/mol. The second kappa shape index (κ2) is 5.92. The van der Waals surface area contributed by atoms with Crippen LogP contribution in [0.15, 0.2) is 0 Å². The molecule has 3 nitrogen and oxygen atoms in total. The smallest absolute Gasteiger partial charge is 0.301 e. The van der Waals surface area contributed by atoms with E-state index < -0.39 is 30.4 Å². The lowest BCUT2D eigenvalue weighted by Gasteiger charge is -2.45. The van der Waals surface area contributed by atoms with Crippen LogP contribution in [0.2, 0.25) is 0 Å². The molecular formula is C9H15ClF3O3PS. The maximum absolute atomic E-state index is 13.4. The molecule has 0 aromatic carbocycles. The predicted octanol–water partition coefficient (Wildman–Crippen LogP) is 4.60. The molecule has 0 aliphatic heterocycles. The molecule has 9 heteroatoms. The second-order valence-electron chi connectivity index (χ2n) is 3.82. The van der Waals surface area contributed by atoms with E-state index in [2.05, 4.69) is 0 Å². The highest BCUT2D eigenvalue weighted by atomic mass is 35.5. The van der Waals surface area contributed by atoms with Crippen molar-refractivity contribution in [3.63, 3.8) is 0 Å². The van der Waals surface area contributed by atoms with Crippen LogP contribution in [0, 0.1) is 0 Å². The van der Waals surface area contributed by atoms with Gasteiger partial charge in [-0.05, 0) is 24.7 Å². The lowest BCUT2D eigenvalue weighted by Crippen LogP contribution is -2.62. The van der Waals surface area contributed by atoms with Gasteiger partial charge in [-0.3, -0.25) is 4.52 Å². The van der Waals surface area contributed by atoms with Crippen molar-refractivity contribution < 1.29 is 26.8 Å². The number of halogens is 4. The molecule has 0 aromatic heterocycles. The number of hydrogen-bond donors (Lipinski definition) is 0. The molecule has 18 heavy (non-hydrogen) atoms. The van der Waals surface area contributed by atoms with Gasteiger partial charge in [0.25, 0.3) is 5.13 Å². The maximum Gasteiger partial charge on any atom is 0.389 e. The van der Waals surface area contributed by atoms with Crippen LogP contribution < -0.4 is 0 Å². The Labute approximate surface area is 113 Å². The average Bonchev–Trinajstić information content (AvgIpc) is 2.26. The summed E-state index contributed by atoms with van der Waals surface area (Å²) in [6.07, 6.45) is -1.81. The van der Waals surface area contributed by atoms with Crippen molar-refractivity contribution in [1.29, 1.82) is 0 Å². The van der Waals surface area contributed by atoms with Gasteiger partial charge < -0.3 is 4.52 Å². The first-order valence-corrected chi connectivity index (χ1v) is 9.03. The number of alkyl halides is 4. The van der Waals surface area contributed by atoms with E-state index in [0.717, 1.165) is 11.4 Å². The van der Waals surface area contributed by atoms with Crippen LogP contribution >= 0.6 is 29.8 Å². The van der Waals surface area contributed by atoms with E-state index in [1.165, 1.54) is 0 Å². The van der Waals surface area contributed by atoms with Gasteiger partial charge >= 0.3 is 12.7 Å². The van der Waals surface area contributed by atoms with Crippen LogP contribution in [0.1, 0.15) is 26.7 Å². The van der Waals surface area contributed by atoms with Crippen LogP contribution in [0.25, 0.3) is 0 Å². The van der Waals surface area contributed by atoms with Crippen molar-refractivity contribution in [3.8, 4) is 0 Å². The van der Waals surface area contributed by atoms with Crippen molar-refractivity contribution in [2.24, 2.45) is 0 Å². The highest BCUT2D eigenvalue weighted by Gasteiger charge is 2.71. The van der Waals surface area contributed by atoms with Gasteiger partial charge in [0.2, 0.25) is 0 Å². The molecule has 0 bridgehead atoms. The van der Waals surface area contributed by atoms with E-state index in [0.29, 0.717) is 12.2 Å². The molecule has 1 aliphatic carbocycles. The predicted molar refractivity (Wildman–Crippen MR) is 66.1 cm³/mol. The molecule has 0 aromatic rings. The van der Waals surface area contributed by atoms with Crippen molar-refractivity contribution in [2.45, 2.75) is 43.8 Å². The van der Waals surface area contributed by atoms with Crippen molar-refractivity contribution >= 4 is 29.8 Å². The van der Waals surface area contributed by atoms with Crippen molar-refractivity contribution in [2.75, 3.05) is 12.4 Å². The van der Waals surface area contributed by atoms with Crippen LogP contribution in [0.4, 0.5) is 13.2 Å². The fourth-order valence-electron chi connectivity index (χ4n) is 1.32. The molecule has 1 fully saturated rings. The summed E-state index contributed by atoms with van der Waals surface area (Å²) in [7, 11) is 0. The summed E-state index contributed by atoms with van der Waals surface area (Å²) in [4.78, 5) is 0. The van der Waals surface area contributed by atoms with E-state index in [-0.39, 0.29) is 6.61 Å². The van der Waals surface area contributed by atoms with Gasteiger partial charge in [0, 0.05) is 12.2 Å². The third-order valence-electron chi connectivity index (χ3n) is 2.33. The van der Waals surface area contributed by atoms with E-state index >= 15 is 0 Å². The zero-order valence-electron chi connectivity index (χ0n) is 10.00. The summed E-state index contributed by atoms with van der Waals surface area (Å²) < 4.78 is 61.1. The van der Waals surface area contributed by atoms with Gasteiger partial charge in [-0.25, -0.2) is 17.7 Å². The minimum absolute atomic E-state index is 0.0820. The molecule has 108 valence electrons. The van der Waals surface area contributed by atoms with Gasteiger partial charge in [-0.15, -0.1) is 0 Å². The van der Waals surface area contributed by atoms with Gasteiger partial charge in [-0.1, -0.05) is 18.5 Å². The summed E-state index contributed by atoms with van der Waals surface area (Å²) >= 11 is 5.94. The molecule has 3 unspecified atom stereocenters. The second-order valence-corrected chi connectivity index (χ2v) is 8.52. The summed E-state index contributed by atoms with van der Waals surface area (Å²) in [5.74, 6) is -3.20. The largest absolute Gasteiger partial charge is 0.389 e. The molecule has 0 radical (unpaired) electrons. The molecule has 0 N–H and O–H groups in total. The monoisotopic (exact) mass is 326 g/mol. The van der Waals surface area contributed by atoms with E-state index in [9.17, 15) is 17.7 Å². The fourth-order valence-corrected chi connectivity index (χ4v) is 5.28. The molecule has 0 spiro atoms. The summed E-state index contributed by atoms with van der Waals surface area (Å²) in [5.41, 5.74) is 0. The zero-order chi connectivity index (χ0) is 14.0. The minimum Gasteiger partial charge on any atom is -0.301 e. The summed E-state index contributed by atoms with van der Waals surface area (Å²) in [6.45, 7) is -0.119. The van der Waals surface area contributed by atoms with Crippen LogP contribution in [-0.4, -0.2) is 29.5 Å². The van der Waals surface area contributed by atoms with Crippen LogP contribution in [0.5, 0.6) is 0 Å². The lowest BCUT2D eigenvalue weighted by atomic mass is 9.88. The van der Waals surface area contributed by atoms with Crippen LogP contribution in [0.3, 0.4) is 0 Å². The first-order valence-electron chi connectivity index (χ1n) is 5.51. The van der Waals surface area contributed by atoms with Gasteiger partial charge in [0.1, 0.15) is 6.10 Å². The SMILES string of the molecule is CCCSP(=O)(OCC)OC1CC(F)(F)C1(F)Cl. The van der Waals surface area contributed by atoms with Gasteiger partial charge in [0.15, 0.2) is 0 Å². The summed E-state index contributed by atoms with van der Waals surface area (Å²) in [6, 6.07) is 0. The topological polar surface area (TPSA) is 35.5 Å². The Morgan fingerprint density at radius 2 is 2.06 bits per heavy atom. The molecule has 3 atom stereocenters. The molecule has 1 rings (SSSR count). The Kier molecular flexibility index (Phi) is 5.47. The third-order valence-corrected chi connectivity index (χ3v) is 6.92. The Morgan fingerprint density at radius 3 is 2.44 bits per heavy atom. The molecule has 1 aliphatic rings. The normalized spacial score (nSPS) is 33.8. The fraction of sp³-hybridized carbons (Fsp3) is 1.00. The van der Waals surface area contributed by atoms with E-state index in [4.69, 9.17) is 20.6 Å². The molecule has 0 heterocycles. The number of hydrogen-bond acceptors (Lipinski definition) is 4. The van der Waals surface area contributed by atoms with E-state index in [1.807, 2.05) is 6.92 Å². The van der Waals surface area contributed by atoms with Crippen molar-refractivity contribution in [3.05, 3.63) is 0 Å². The lowest BCUT2D eigenvalue weighted by molar-refractivity contribution is -0.225. The Morgan fingerprint density at radius 1 is 1.44 bits per heavy atom. The Hall–Kier alpha value is 0.580. The zero-order valence-corrected chi connectivity index (χ0v) is 12.5. The maximum atomic E-state index is 13.4. The number of rotatable bonds is 7. The standard InChI is InChI=1S/C9H15ClF3O3PS/c1-3-5-18-17(14,15-4-2)16-7-6-8(11,12)9(7,10)13/h7H,3-6H2,1-2H3. The van der Waals surface area contributed by atoms with Gasteiger partial charge in [-0.2, -0.15) is 0 Å². The molecule has 0 saturated heterocycles. The molecule has 1 saturated carbocycles. The highest BCUT2D eigenvalue weighted by Crippen LogP contribution is 2.66. The average molecular weight is 327 g/mol. The van der Waals surface area contributed by atoms with Crippen LogP contribution in [-0.2, 0) is 13.6 Å². The Bertz CT molecular complexity index is 343. The summed E-state index contributed by atoms with van der Waals surface area (Å²) in [5, 5.41) is -3.31. The minimum atomic E-state index is -3.66. The van der Waals surface area contributed by atoms with Gasteiger partial charge in [0.05, 0.1) is 6.61 Å². The van der Waals surface area contributed by atoms with E-state index in [1.54, 1.807) is 6.92 Å². The third kappa shape index (κ3) is 3.37. The first-order chi connectivity index (χ1) is 8.18. The molecule has 0 amide bonds. The first kappa shape index (κ1) is 16.6. The highest BCUT2D eigenvalue weighted by molar-refractivity contribution is 8.55. The van der Waals surface area contributed by atoms with Crippen molar-refractivity contribution in [1.82, 2.24) is 0 Å². The Balaban J connectivity index is 2.66. The quantitative estimate of drug-likeness (QED) is 0.506.